The number of fused-ring (bicyclic) bond motifs is 1. The SMILES string of the molecule is CC(C)n1cc(NC(=O)CNC(=O)c2cc3occc3n2C)cn1. The standard InChI is InChI=1S/C16H19N5O3/c1-10(2)21-9-11(7-18-21)19-15(22)8-17-16(23)13-6-14-12(20(13)3)4-5-24-14/h4-7,9-10H,8H2,1-3H3,(H,17,23)(H,19,22). The summed E-state index contributed by atoms with van der Waals surface area (Å²) < 4.78 is 8.73. The zero-order valence-corrected chi connectivity index (χ0v) is 13.7. The molecule has 8 heteroatoms. The Morgan fingerprint density at radius 2 is 2.17 bits per heavy atom. The van der Waals surface area contributed by atoms with Gasteiger partial charge in [-0.3, -0.25) is 14.3 Å². The van der Waals surface area contributed by atoms with Crippen molar-refractivity contribution in [2.75, 3.05) is 11.9 Å². The summed E-state index contributed by atoms with van der Waals surface area (Å²) in [4.78, 5) is 24.2. The van der Waals surface area contributed by atoms with E-state index in [1.54, 1.807) is 47.1 Å². The molecule has 0 bridgehead atoms. The second-order valence-corrected chi connectivity index (χ2v) is 5.79. The summed E-state index contributed by atoms with van der Waals surface area (Å²) in [6, 6.07) is 3.64. The normalized spacial score (nSPS) is 11.2. The van der Waals surface area contributed by atoms with Gasteiger partial charge in [-0.1, -0.05) is 0 Å². The number of amides is 2. The van der Waals surface area contributed by atoms with E-state index in [1.807, 2.05) is 13.8 Å². The fourth-order valence-corrected chi connectivity index (χ4v) is 2.41. The van der Waals surface area contributed by atoms with Crippen LogP contribution in [0.5, 0.6) is 0 Å². The summed E-state index contributed by atoms with van der Waals surface area (Å²) in [5, 5.41) is 9.44. The third-order valence-corrected chi connectivity index (χ3v) is 3.72. The van der Waals surface area contributed by atoms with Gasteiger partial charge < -0.3 is 19.6 Å². The Hall–Kier alpha value is -3.03. The minimum Gasteiger partial charge on any atom is -0.463 e. The third kappa shape index (κ3) is 3.03. The van der Waals surface area contributed by atoms with Crippen LogP contribution in [0.2, 0.25) is 0 Å². The van der Waals surface area contributed by atoms with Crippen LogP contribution in [0.25, 0.3) is 11.1 Å². The predicted molar refractivity (Wildman–Crippen MR) is 88.8 cm³/mol. The van der Waals surface area contributed by atoms with Gasteiger partial charge in [-0.2, -0.15) is 5.10 Å². The second-order valence-electron chi connectivity index (χ2n) is 5.79. The van der Waals surface area contributed by atoms with Crippen LogP contribution in [0.4, 0.5) is 5.69 Å². The summed E-state index contributed by atoms with van der Waals surface area (Å²) >= 11 is 0. The molecule has 0 radical (unpaired) electrons. The molecular formula is C16H19N5O3. The number of aromatic nitrogens is 3. The fraction of sp³-hybridized carbons (Fsp3) is 0.312. The number of anilines is 1. The molecule has 8 nitrogen and oxygen atoms in total. The Bertz CT molecular complexity index is 887. The first-order valence-electron chi connectivity index (χ1n) is 7.61. The maximum absolute atomic E-state index is 12.2. The summed E-state index contributed by atoms with van der Waals surface area (Å²) in [6.07, 6.45) is 4.89. The van der Waals surface area contributed by atoms with Gasteiger partial charge in [-0.05, 0) is 13.8 Å². The highest BCUT2D eigenvalue weighted by Crippen LogP contribution is 2.19. The maximum Gasteiger partial charge on any atom is 0.268 e. The first kappa shape index (κ1) is 15.9. The van der Waals surface area contributed by atoms with Gasteiger partial charge in [0.15, 0.2) is 5.58 Å². The van der Waals surface area contributed by atoms with Crippen LogP contribution in [0.1, 0.15) is 30.4 Å². The summed E-state index contributed by atoms with van der Waals surface area (Å²) in [6.45, 7) is 3.86. The van der Waals surface area contributed by atoms with Gasteiger partial charge >= 0.3 is 0 Å². The number of rotatable bonds is 5. The quantitative estimate of drug-likeness (QED) is 0.748. The molecule has 3 aromatic rings. The summed E-state index contributed by atoms with van der Waals surface area (Å²) in [7, 11) is 1.77. The van der Waals surface area contributed by atoms with Gasteiger partial charge in [0.05, 0.1) is 30.2 Å². The minimum absolute atomic E-state index is 0.127. The van der Waals surface area contributed by atoms with E-state index in [4.69, 9.17) is 4.42 Å². The number of nitrogens with one attached hydrogen (secondary N) is 2. The van der Waals surface area contributed by atoms with Gasteiger partial charge in [0, 0.05) is 31.4 Å². The molecule has 2 N–H and O–H groups in total. The highest BCUT2D eigenvalue weighted by Gasteiger charge is 2.16. The van der Waals surface area contributed by atoms with E-state index in [1.165, 1.54) is 0 Å². The lowest BCUT2D eigenvalue weighted by molar-refractivity contribution is -0.115. The first-order chi connectivity index (χ1) is 11.5. The van der Waals surface area contributed by atoms with E-state index < -0.39 is 0 Å². The number of furan rings is 1. The Morgan fingerprint density at radius 1 is 1.38 bits per heavy atom. The predicted octanol–water partition coefficient (Wildman–Crippen LogP) is 1.92. The van der Waals surface area contributed by atoms with Gasteiger partial charge in [0.2, 0.25) is 5.91 Å². The molecule has 24 heavy (non-hydrogen) atoms. The molecule has 0 aliphatic heterocycles. The van der Waals surface area contributed by atoms with Crippen LogP contribution in [-0.4, -0.2) is 32.7 Å². The van der Waals surface area contributed by atoms with E-state index >= 15 is 0 Å². The van der Waals surface area contributed by atoms with Crippen LogP contribution in [-0.2, 0) is 11.8 Å². The molecule has 0 aliphatic rings. The van der Waals surface area contributed by atoms with Crippen molar-refractivity contribution in [3.8, 4) is 0 Å². The Morgan fingerprint density at radius 3 is 2.83 bits per heavy atom. The molecule has 0 spiro atoms. The van der Waals surface area contributed by atoms with Crippen LogP contribution in [0.15, 0.2) is 35.2 Å². The maximum atomic E-state index is 12.2. The Kier molecular flexibility index (Phi) is 4.11. The summed E-state index contributed by atoms with van der Waals surface area (Å²) in [5.74, 6) is -0.651. The lowest BCUT2D eigenvalue weighted by Crippen LogP contribution is -2.33. The molecule has 0 fully saturated rings. The van der Waals surface area contributed by atoms with Crippen molar-refractivity contribution >= 4 is 28.6 Å². The molecule has 3 rings (SSSR count). The first-order valence-corrected chi connectivity index (χ1v) is 7.61. The van der Waals surface area contributed by atoms with Crippen molar-refractivity contribution in [1.29, 1.82) is 0 Å². The van der Waals surface area contributed by atoms with Gasteiger partial charge in [0.25, 0.3) is 5.91 Å². The number of nitrogens with zero attached hydrogens (tertiary/aromatic N) is 3. The van der Waals surface area contributed by atoms with E-state index in [0.29, 0.717) is 17.0 Å². The molecule has 0 saturated carbocycles. The molecule has 0 aromatic carbocycles. The smallest absolute Gasteiger partial charge is 0.268 e. The van der Waals surface area contributed by atoms with Crippen molar-refractivity contribution in [1.82, 2.24) is 19.7 Å². The van der Waals surface area contributed by atoms with Gasteiger partial charge in [-0.25, -0.2) is 0 Å². The Balaban J connectivity index is 1.58. The van der Waals surface area contributed by atoms with Crippen LogP contribution >= 0.6 is 0 Å². The molecule has 3 aromatic heterocycles. The van der Waals surface area contributed by atoms with Gasteiger partial charge in [-0.15, -0.1) is 0 Å². The van der Waals surface area contributed by atoms with Crippen molar-refractivity contribution < 1.29 is 14.0 Å². The zero-order valence-electron chi connectivity index (χ0n) is 13.7. The van der Waals surface area contributed by atoms with Crippen LogP contribution < -0.4 is 10.6 Å². The van der Waals surface area contributed by atoms with E-state index in [2.05, 4.69) is 15.7 Å². The average molecular weight is 329 g/mol. The third-order valence-electron chi connectivity index (χ3n) is 3.72. The largest absolute Gasteiger partial charge is 0.463 e. The van der Waals surface area contributed by atoms with Crippen molar-refractivity contribution in [2.45, 2.75) is 19.9 Å². The number of carbonyl (C=O) groups excluding carboxylic acids is 2. The van der Waals surface area contributed by atoms with Crippen molar-refractivity contribution in [3.05, 3.63) is 36.5 Å². The summed E-state index contributed by atoms with van der Waals surface area (Å²) in [5.41, 5.74) is 2.49. The van der Waals surface area contributed by atoms with Crippen LogP contribution in [0.3, 0.4) is 0 Å². The van der Waals surface area contributed by atoms with Gasteiger partial charge in [0.1, 0.15) is 5.69 Å². The minimum atomic E-state index is -0.336. The molecule has 0 saturated heterocycles. The van der Waals surface area contributed by atoms with E-state index in [-0.39, 0.29) is 24.4 Å². The topological polar surface area (TPSA) is 94.1 Å². The van der Waals surface area contributed by atoms with E-state index in [9.17, 15) is 9.59 Å². The van der Waals surface area contributed by atoms with E-state index in [0.717, 1.165) is 5.52 Å². The second kappa shape index (κ2) is 6.23. The number of carbonyl (C=O) groups is 2. The lowest BCUT2D eigenvalue weighted by atomic mass is 10.4. The zero-order chi connectivity index (χ0) is 17.3. The highest BCUT2D eigenvalue weighted by molar-refractivity contribution is 6.00. The highest BCUT2D eigenvalue weighted by atomic mass is 16.3. The monoisotopic (exact) mass is 329 g/mol. The van der Waals surface area contributed by atoms with Crippen molar-refractivity contribution in [2.24, 2.45) is 7.05 Å². The lowest BCUT2D eigenvalue weighted by Gasteiger charge is -2.07. The fourth-order valence-electron chi connectivity index (χ4n) is 2.41. The van der Waals surface area contributed by atoms with Crippen molar-refractivity contribution in [3.63, 3.8) is 0 Å². The Labute approximate surface area is 138 Å². The molecule has 0 atom stereocenters. The molecule has 126 valence electrons. The molecule has 0 aliphatic carbocycles. The number of hydrogen-bond donors (Lipinski definition) is 2. The molecule has 0 unspecified atom stereocenters. The molecule has 3 heterocycles. The molecule has 2 amide bonds. The van der Waals surface area contributed by atoms with Crippen LogP contribution in [0, 0.1) is 0 Å². The number of hydrogen-bond acceptors (Lipinski definition) is 4. The average Bonchev–Trinajstić information content (AvgIpc) is 3.23. The molecular weight excluding hydrogens is 310 g/mol. The number of aryl methyl sites for hydroxylation is 1.